The molecule has 0 aliphatic carbocycles. The van der Waals surface area contributed by atoms with E-state index >= 15 is 0 Å². The van der Waals surface area contributed by atoms with Crippen LogP contribution in [-0.2, 0) is 9.67 Å². The van der Waals surface area contributed by atoms with Crippen molar-refractivity contribution >= 4 is 46.7 Å². The summed E-state index contributed by atoms with van der Waals surface area (Å²) in [4.78, 5) is 28.7. The number of amides is 3. The number of likely N-dealkylation sites (N-methyl/N-ethyl adjacent to an activating group) is 1. The van der Waals surface area contributed by atoms with Crippen molar-refractivity contribution in [2.24, 2.45) is 0 Å². The van der Waals surface area contributed by atoms with Crippen molar-refractivity contribution in [1.29, 1.82) is 0 Å². The van der Waals surface area contributed by atoms with Gasteiger partial charge in [-0.2, -0.15) is 0 Å². The van der Waals surface area contributed by atoms with Crippen molar-refractivity contribution < 1.29 is 14.0 Å². The molecule has 2 aromatic carbocycles. The van der Waals surface area contributed by atoms with Gasteiger partial charge in [0.25, 0.3) is 5.91 Å². The molecule has 1 atom stereocenters. The predicted octanol–water partition coefficient (Wildman–Crippen LogP) is 5.06. The summed E-state index contributed by atoms with van der Waals surface area (Å²) in [6.07, 6.45) is 0. The van der Waals surface area contributed by atoms with E-state index in [1.807, 2.05) is 20.8 Å². The summed E-state index contributed by atoms with van der Waals surface area (Å²) >= 11 is 7.31. The third-order valence-electron chi connectivity index (χ3n) is 5.15. The number of halogens is 2. The number of fused-ring (bicyclic) bond motifs is 2. The summed E-state index contributed by atoms with van der Waals surface area (Å²) in [5, 5.41) is 3.41. The molecule has 152 valence electrons. The van der Waals surface area contributed by atoms with E-state index < -0.39 is 16.7 Å². The number of hydrogen-bond acceptors (Lipinski definition) is 3. The number of benzene rings is 2. The van der Waals surface area contributed by atoms with Gasteiger partial charge in [-0.25, -0.2) is 9.18 Å². The van der Waals surface area contributed by atoms with Crippen LogP contribution in [0.25, 0.3) is 0 Å². The number of urea groups is 1. The molecule has 1 fully saturated rings. The van der Waals surface area contributed by atoms with Crippen LogP contribution >= 0.6 is 23.4 Å². The van der Waals surface area contributed by atoms with Crippen LogP contribution in [0.4, 0.5) is 20.6 Å². The highest BCUT2D eigenvalue weighted by Crippen LogP contribution is 2.59. The number of nitrogens with zero attached hydrogens (tertiary/aromatic N) is 2. The minimum Gasteiger partial charge on any atom is -0.309 e. The molecular formula is C21H21ClFN3O2S. The molecule has 1 saturated heterocycles. The van der Waals surface area contributed by atoms with Crippen LogP contribution in [0.1, 0.15) is 26.3 Å². The summed E-state index contributed by atoms with van der Waals surface area (Å²) in [6.45, 7) is 6.61. The van der Waals surface area contributed by atoms with E-state index in [0.29, 0.717) is 35.1 Å². The lowest BCUT2D eigenvalue weighted by Crippen LogP contribution is -2.51. The first-order chi connectivity index (χ1) is 13.7. The van der Waals surface area contributed by atoms with Gasteiger partial charge in [0.05, 0.1) is 5.69 Å². The van der Waals surface area contributed by atoms with Crippen LogP contribution in [0.15, 0.2) is 42.5 Å². The molecule has 0 unspecified atom stereocenters. The molecule has 1 spiro atoms. The van der Waals surface area contributed by atoms with Crippen molar-refractivity contribution in [3.8, 4) is 0 Å². The van der Waals surface area contributed by atoms with E-state index in [4.69, 9.17) is 11.6 Å². The lowest BCUT2D eigenvalue weighted by atomic mass is 10.0. The lowest BCUT2D eigenvalue weighted by molar-refractivity contribution is -0.123. The molecule has 3 amide bonds. The van der Waals surface area contributed by atoms with Crippen LogP contribution in [0, 0.1) is 5.82 Å². The summed E-state index contributed by atoms with van der Waals surface area (Å²) in [5.41, 5.74) is 1.74. The molecule has 8 heteroatoms. The molecular weight excluding hydrogens is 413 g/mol. The highest BCUT2D eigenvalue weighted by molar-refractivity contribution is 8.02. The maximum absolute atomic E-state index is 14.2. The van der Waals surface area contributed by atoms with Crippen molar-refractivity contribution in [3.63, 3.8) is 0 Å². The zero-order valence-corrected chi connectivity index (χ0v) is 17.9. The molecule has 0 bridgehead atoms. The normalized spacial score (nSPS) is 22.3. The van der Waals surface area contributed by atoms with E-state index in [0.717, 1.165) is 0 Å². The lowest BCUT2D eigenvalue weighted by Gasteiger charge is -2.33. The number of nitrogens with one attached hydrogen (secondary N) is 1. The minimum atomic E-state index is -1.30. The Morgan fingerprint density at radius 2 is 1.93 bits per heavy atom. The van der Waals surface area contributed by atoms with Gasteiger partial charge in [0.1, 0.15) is 5.82 Å². The van der Waals surface area contributed by atoms with E-state index in [9.17, 15) is 14.0 Å². The molecule has 29 heavy (non-hydrogen) atoms. The van der Waals surface area contributed by atoms with Crippen molar-refractivity contribution in [3.05, 3.63) is 58.9 Å². The van der Waals surface area contributed by atoms with Crippen LogP contribution in [0.5, 0.6) is 0 Å². The molecule has 1 N–H and O–H groups in total. The summed E-state index contributed by atoms with van der Waals surface area (Å²) in [6, 6.07) is 10.7. The molecule has 0 saturated carbocycles. The van der Waals surface area contributed by atoms with E-state index in [2.05, 4.69) is 5.32 Å². The topological polar surface area (TPSA) is 52.7 Å². The smallest absolute Gasteiger partial charge is 0.309 e. The SMILES string of the molecule is CCN1C(=O)[C@]2(SC(C)(C)CN2C(=O)Nc2ccc(Cl)cc2)c2cc(F)ccc21. The minimum absolute atomic E-state index is 0.220. The highest BCUT2D eigenvalue weighted by atomic mass is 35.5. The van der Waals surface area contributed by atoms with Crippen LogP contribution < -0.4 is 10.2 Å². The molecule has 2 aliphatic rings. The van der Waals surface area contributed by atoms with Gasteiger partial charge in [0.2, 0.25) is 0 Å². The van der Waals surface area contributed by atoms with Gasteiger partial charge < -0.3 is 10.2 Å². The second-order valence-corrected chi connectivity index (χ2v) is 10.1. The molecule has 2 heterocycles. The highest BCUT2D eigenvalue weighted by Gasteiger charge is 2.63. The number of rotatable bonds is 2. The van der Waals surface area contributed by atoms with E-state index in [1.54, 1.807) is 35.2 Å². The van der Waals surface area contributed by atoms with Gasteiger partial charge in [0, 0.05) is 34.1 Å². The number of carbonyl (C=O) groups excluding carboxylic acids is 2. The maximum atomic E-state index is 14.2. The molecule has 2 aromatic rings. The van der Waals surface area contributed by atoms with Crippen LogP contribution in [0.2, 0.25) is 5.02 Å². The Kier molecular flexibility index (Phi) is 4.78. The van der Waals surface area contributed by atoms with Crippen molar-refractivity contribution in [1.82, 2.24) is 4.90 Å². The number of hydrogen-bond donors (Lipinski definition) is 1. The van der Waals surface area contributed by atoms with Gasteiger partial charge in [-0.1, -0.05) is 11.6 Å². The van der Waals surface area contributed by atoms with Crippen molar-refractivity contribution in [2.45, 2.75) is 30.4 Å². The van der Waals surface area contributed by atoms with E-state index in [1.165, 1.54) is 28.8 Å². The monoisotopic (exact) mass is 433 g/mol. The van der Waals surface area contributed by atoms with E-state index in [-0.39, 0.29) is 10.7 Å². The van der Waals surface area contributed by atoms with Gasteiger partial charge in [0.15, 0.2) is 4.87 Å². The zero-order valence-electron chi connectivity index (χ0n) is 16.3. The number of carbonyl (C=O) groups is 2. The Hall–Kier alpha value is -2.25. The Labute approximate surface area is 178 Å². The summed E-state index contributed by atoms with van der Waals surface area (Å²) in [5.74, 6) is -0.653. The maximum Gasteiger partial charge on any atom is 0.323 e. The van der Waals surface area contributed by atoms with Gasteiger partial charge in [-0.3, -0.25) is 9.69 Å². The Morgan fingerprint density at radius 3 is 2.59 bits per heavy atom. The summed E-state index contributed by atoms with van der Waals surface area (Å²) < 4.78 is 13.8. The third kappa shape index (κ3) is 3.16. The number of anilines is 2. The first-order valence-corrected chi connectivity index (χ1v) is 10.5. The van der Waals surface area contributed by atoms with Gasteiger partial charge in [-0.05, 0) is 63.2 Å². The average Bonchev–Trinajstić information content (AvgIpc) is 3.08. The number of thioether (sulfide) groups is 1. The van der Waals surface area contributed by atoms with Crippen LogP contribution in [-0.4, -0.2) is 34.7 Å². The Bertz CT molecular complexity index is 998. The molecule has 2 aliphatic heterocycles. The quantitative estimate of drug-likeness (QED) is 0.720. The zero-order chi connectivity index (χ0) is 21.0. The molecule has 4 rings (SSSR count). The molecule has 0 radical (unpaired) electrons. The predicted molar refractivity (Wildman–Crippen MR) is 115 cm³/mol. The fourth-order valence-corrected chi connectivity index (χ4v) is 5.86. The fourth-order valence-electron chi connectivity index (χ4n) is 4.01. The Balaban J connectivity index is 1.80. The first-order valence-electron chi connectivity index (χ1n) is 9.34. The second kappa shape index (κ2) is 6.92. The molecule has 5 nitrogen and oxygen atoms in total. The third-order valence-corrected chi connectivity index (χ3v) is 6.99. The van der Waals surface area contributed by atoms with Gasteiger partial charge in [-0.15, -0.1) is 11.8 Å². The largest absolute Gasteiger partial charge is 0.323 e. The van der Waals surface area contributed by atoms with Crippen LogP contribution in [0.3, 0.4) is 0 Å². The second-order valence-electron chi connectivity index (χ2n) is 7.74. The Morgan fingerprint density at radius 1 is 1.24 bits per heavy atom. The standard InChI is InChI=1S/C21H21ClFN3O2S/c1-4-25-17-10-7-14(23)11-16(17)21(18(25)27)26(12-20(2,3)29-21)19(28)24-15-8-5-13(22)6-9-15/h5-11H,4,12H2,1-3H3,(H,24,28)/t21-/m1/s1. The van der Waals surface area contributed by atoms with Crippen molar-refractivity contribution in [2.75, 3.05) is 23.3 Å². The molecule has 0 aromatic heterocycles. The van der Waals surface area contributed by atoms with Gasteiger partial charge >= 0.3 is 6.03 Å². The average molecular weight is 434 g/mol. The fraction of sp³-hybridized carbons (Fsp3) is 0.333. The summed E-state index contributed by atoms with van der Waals surface area (Å²) in [7, 11) is 0. The first kappa shape index (κ1) is 20.0.